The number of carbonyl (C=O) groups excluding carboxylic acids is 1. The number of rotatable bonds is 4. The van der Waals surface area contributed by atoms with Crippen molar-refractivity contribution >= 4 is 30.7 Å². The summed E-state index contributed by atoms with van der Waals surface area (Å²) >= 11 is 6.04. The van der Waals surface area contributed by atoms with Crippen molar-refractivity contribution in [2.24, 2.45) is 0 Å². The third-order valence-electron chi connectivity index (χ3n) is 4.30. The molecule has 4 nitrogen and oxygen atoms in total. The molecule has 1 N–H and O–H groups in total. The summed E-state index contributed by atoms with van der Waals surface area (Å²) in [5.74, 6) is -0.0986. The maximum atomic E-state index is 11.3. The van der Waals surface area contributed by atoms with Gasteiger partial charge in [-0.15, -0.1) is 0 Å². The normalized spacial score (nSPS) is 19.7. The zero-order valence-electron chi connectivity index (χ0n) is 14.3. The van der Waals surface area contributed by atoms with Crippen molar-refractivity contribution in [1.82, 2.24) is 5.32 Å². The summed E-state index contributed by atoms with van der Waals surface area (Å²) in [5.41, 5.74) is 0.927. The Kier molecular flexibility index (Phi) is 5.24. The lowest BCUT2D eigenvalue weighted by Crippen LogP contribution is -2.41. The van der Waals surface area contributed by atoms with E-state index >= 15 is 0 Å². The van der Waals surface area contributed by atoms with Crippen molar-refractivity contribution in [2.45, 2.75) is 45.8 Å². The molecule has 0 atom stereocenters. The van der Waals surface area contributed by atoms with Crippen molar-refractivity contribution in [2.75, 3.05) is 6.54 Å². The van der Waals surface area contributed by atoms with Crippen molar-refractivity contribution in [1.29, 1.82) is 0 Å². The SMILES string of the molecule is CC(=O)NCC(=Cc1cccc(Cl)c1)B1OC(C)(C)C(C)(C)O1. The summed E-state index contributed by atoms with van der Waals surface area (Å²) in [6.45, 7) is 9.86. The topological polar surface area (TPSA) is 47.6 Å². The number of hydrogen-bond donors (Lipinski definition) is 1. The van der Waals surface area contributed by atoms with Gasteiger partial charge in [0.05, 0.1) is 11.2 Å². The number of halogens is 1. The largest absolute Gasteiger partial charge is 0.492 e. The molecule has 1 aliphatic heterocycles. The molecule has 1 aromatic carbocycles. The second-order valence-electron chi connectivity index (χ2n) is 6.77. The van der Waals surface area contributed by atoms with Gasteiger partial charge in [-0.25, -0.2) is 0 Å². The maximum Gasteiger partial charge on any atom is 0.492 e. The second kappa shape index (κ2) is 6.67. The molecule has 0 aliphatic carbocycles. The van der Waals surface area contributed by atoms with Gasteiger partial charge in [0, 0.05) is 18.5 Å². The van der Waals surface area contributed by atoms with Gasteiger partial charge in [-0.05, 0) is 50.9 Å². The minimum absolute atomic E-state index is 0.0986. The Morgan fingerprint density at radius 2 is 1.87 bits per heavy atom. The highest BCUT2D eigenvalue weighted by atomic mass is 35.5. The quantitative estimate of drug-likeness (QED) is 0.857. The van der Waals surface area contributed by atoms with Crippen LogP contribution in [0.1, 0.15) is 40.2 Å². The number of hydrogen-bond acceptors (Lipinski definition) is 3. The summed E-state index contributed by atoms with van der Waals surface area (Å²) in [5, 5.41) is 3.47. The van der Waals surface area contributed by atoms with E-state index in [2.05, 4.69) is 5.32 Å². The molecule has 1 saturated heterocycles. The van der Waals surface area contributed by atoms with Crippen LogP contribution in [-0.4, -0.2) is 30.8 Å². The van der Waals surface area contributed by atoms with Crippen LogP contribution in [0.5, 0.6) is 0 Å². The Morgan fingerprint density at radius 1 is 1.26 bits per heavy atom. The van der Waals surface area contributed by atoms with Gasteiger partial charge in [0.15, 0.2) is 0 Å². The molecule has 6 heteroatoms. The minimum atomic E-state index is -0.508. The number of amides is 1. The summed E-state index contributed by atoms with van der Waals surface area (Å²) < 4.78 is 12.2. The number of benzene rings is 1. The highest BCUT2D eigenvalue weighted by Gasteiger charge is 2.52. The van der Waals surface area contributed by atoms with Crippen molar-refractivity contribution in [3.63, 3.8) is 0 Å². The van der Waals surface area contributed by atoms with Crippen LogP contribution >= 0.6 is 11.6 Å². The van der Waals surface area contributed by atoms with Gasteiger partial charge in [0.2, 0.25) is 5.91 Å². The summed E-state index contributed by atoms with van der Waals surface area (Å²) in [7, 11) is -0.508. The predicted octanol–water partition coefficient (Wildman–Crippen LogP) is 3.49. The molecule has 0 unspecified atom stereocenters. The average molecular weight is 336 g/mol. The van der Waals surface area contributed by atoms with Crippen LogP contribution in [-0.2, 0) is 14.1 Å². The van der Waals surface area contributed by atoms with E-state index in [0.29, 0.717) is 11.6 Å². The molecular formula is C17H23BClNO3. The Labute approximate surface area is 143 Å². The monoisotopic (exact) mass is 335 g/mol. The van der Waals surface area contributed by atoms with E-state index in [-0.39, 0.29) is 5.91 Å². The van der Waals surface area contributed by atoms with Crippen LogP contribution in [0.4, 0.5) is 0 Å². The third-order valence-corrected chi connectivity index (χ3v) is 4.53. The molecule has 1 amide bonds. The first-order chi connectivity index (χ1) is 10.6. The van der Waals surface area contributed by atoms with E-state index < -0.39 is 18.3 Å². The van der Waals surface area contributed by atoms with Gasteiger partial charge in [0.1, 0.15) is 0 Å². The lowest BCUT2D eigenvalue weighted by Gasteiger charge is -2.32. The third kappa shape index (κ3) is 4.37. The highest BCUT2D eigenvalue weighted by Crippen LogP contribution is 2.38. The van der Waals surface area contributed by atoms with Crippen LogP contribution in [0.3, 0.4) is 0 Å². The Hall–Kier alpha value is -1.30. The Bertz CT molecular complexity index is 612. The van der Waals surface area contributed by atoms with Crippen molar-refractivity contribution < 1.29 is 14.1 Å². The fourth-order valence-electron chi connectivity index (χ4n) is 2.23. The number of carbonyl (C=O) groups is 1. The minimum Gasteiger partial charge on any atom is -0.400 e. The average Bonchev–Trinajstić information content (AvgIpc) is 2.63. The fraction of sp³-hybridized carbons (Fsp3) is 0.471. The lowest BCUT2D eigenvalue weighted by atomic mass is 9.77. The van der Waals surface area contributed by atoms with Gasteiger partial charge in [-0.1, -0.05) is 29.8 Å². The predicted molar refractivity (Wildman–Crippen MR) is 94.2 cm³/mol. The first-order valence-electron chi connectivity index (χ1n) is 7.67. The molecule has 1 fully saturated rings. The molecule has 1 heterocycles. The van der Waals surface area contributed by atoms with E-state index in [1.54, 1.807) is 0 Å². The highest BCUT2D eigenvalue weighted by molar-refractivity contribution is 6.56. The van der Waals surface area contributed by atoms with Crippen LogP contribution in [0.2, 0.25) is 5.02 Å². The van der Waals surface area contributed by atoms with Gasteiger partial charge in [-0.2, -0.15) is 0 Å². The lowest BCUT2D eigenvalue weighted by molar-refractivity contribution is -0.118. The molecule has 1 aliphatic rings. The zero-order chi connectivity index (χ0) is 17.3. The van der Waals surface area contributed by atoms with Crippen LogP contribution < -0.4 is 5.32 Å². The first-order valence-corrected chi connectivity index (χ1v) is 8.05. The van der Waals surface area contributed by atoms with Crippen LogP contribution in [0.25, 0.3) is 6.08 Å². The fourth-order valence-corrected chi connectivity index (χ4v) is 2.43. The van der Waals surface area contributed by atoms with E-state index in [1.165, 1.54) is 6.92 Å². The van der Waals surface area contributed by atoms with E-state index in [1.807, 2.05) is 58.0 Å². The van der Waals surface area contributed by atoms with E-state index in [9.17, 15) is 4.79 Å². The molecule has 2 rings (SSSR count). The summed E-state index contributed by atoms with van der Waals surface area (Å²) in [4.78, 5) is 11.3. The van der Waals surface area contributed by atoms with E-state index in [4.69, 9.17) is 20.9 Å². The van der Waals surface area contributed by atoms with Crippen LogP contribution in [0.15, 0.2) is 29.7 Å². The molecule has 0 bridgehead atoms. The zero-order valence-corrected chi connectivity index (χ0v) is 15.0. The molecule has 0 spiro atoms. The Morgan fingerprint density at radius 3 is 2.39 bits per heavy atom. The second-order valence-corrected chi connectivity index (χ2v) is 7.21. The molecule has 1 aromatic rings. The molecule has 0 radical (unpaired) electrons. The molecule has 0 saturated carbocycles. The molecule has 0 aromatic heterocycles. The van der Waals surface area contributed by atoms with Gasteiger partial charge < -0.3 is 14.6 Å². The van der Waals surface area contributed by atoms with Crippen molar-refractivity contribution in [3.05, 3.63) is 40.3 Å². The standard InChI is InChI=1S/C17H23BClNO3/c1-12(21)20-11-14(9-13-7-6-8-15(19)10-13)18-22-16(2,3)17(4,5)23-18/h6-10H,11H2,1-5H3,(H,20,21). The Balaban J connectivity index is 2.30. The van der Waals surface area contributed by atoms with Crippen molar-refractivity contribution in [3.8, 4) is 0 Å². The summed E-state index contributed by atoms with van der Waals surface area (Å²) in [6, 6.07) is 7.51. The smallest absolute Gasteiger partial charge is 0.400 e. The van der Waals surface area contributed by atoms with E-state index in [0.717, 1.165) is 11.0 Å². The molecule has 124 valence electrons. The first kappa shape index (κ1) is 18.0. The van der Waals surface area contributed by atoms with Gasteiger partial charge >= 0.3 is 7.12 Å². The summed E-state index contributed by atoms with van der Waals surface area (Å²) in [6.07, 6.45) is 1.95. The van der Waals surface area contributed by atoms with Gasteiger partial charge in [-0.3, -0.25) is 4.79 Å². The van der Waals surface area contributed by atoms with Crippen LogP contribution in [0, 0.1) is 0 Å². The molecule has 23 heavy (non-hydrogen) atoms. The molecular weight excluding hydrogens is 312 g/mol. The number of nitrogens with one attached hydrogen (secondary N) is 1. The van der Waals surface area contributed by atoms with Gasteiger partial charge in [0.25, 0.3) is 0 Å². The maximum absolute atomic E-state index is 11.3.